The zero-order valence-corrected chi connectivity index (χ0v) is 15.9. The van der Waals surface area contributed by atoms with Gasteiger partial charge in [0.15, 0.2) is 0 Å². The fourth-order valence-electron chi connectivity index (χ4n) is 3.55. The van der Waals surface area contributed by atoms with Crippen LogP contribution in [0.1, 0.15) is 36.4 Å². The number of carbonyl (C=O) groups is 1. The molecule has 7 heteroatoms. The molecule has 1 amide bonds. The molecule has 0 radical (unpaired) electrons. The maximum absolute atomic E-state index is 12.4. The van der Waals surface area contributed by atoms with Gasteiger partial charge in [0.2, 0.25) is 5.91 Å². The third-order valence-corrected chi connectivity index (χ3v) is 5.29. The van der Waals surface area contributed by atoms with Crippen LogP contribution in [0, 0.1) is 17.0 Å². The summed E-state index contributed by atoms with van der Waals surface area (Å²) in [5, 5.41) is 14.4. The van der Waals surface area contributed by atoms with Crippen molar-refractivity contribution in [2.45, 2.75) is 32.2 Å². The molecule has 0 saturated carbocycles. The molecule has 1 N–H and O–H groups in total. The molecule has 2 aromatic rings. The van der Waals surface area contributed by atoms with Crippen LogP contribution in [-0.4, -0.2) is 28.8 Å². The van der Waals surface area contributed by atoms with E-state index in [0.29, 0.717) is 24.2 Å². The van der Waals surface area contributed by atoms with E-state index in [4.69, 9.17) is 11.6 Å². The average molecular weight is 388 g/mol. The Bertz CT molecular complexity index is 856. The molecule has 142 valence electrons. The van der Waals surface area contributed by atoms with E-state index in [9.17, 15) is 14.9 Å². The van der Waals surface area contributed by atoms with E-state index in [1.165, 1.54) is 12.1 Å². The highest BCUT2D eigenvalue weighted by Gasteiger charge is 2.27. The summed E-state index contributed by atoms with van der Waals surface area (Å²) >= 11 is 6.34. The molecule has 2 aromatic carbocycles. The summed E-state index contributed by atoms with van der Waals surface area (Å²) in [4.78, 5) is 25.0. The van der Waals surface area contributed by atoms with E-state index >= 15 is 0 Å². The molecule has 0 bridgehead atoms. The van der Waals surface area contributed by atoms with Crippen LogP contribution in [0.5, 0.6) is 0 Å². The number of anilines is 1. The van der Waals surface area contributed by atoms with Gasteiger partial charge in [-0.25, -0.2) is 0 Å². The monoisotopic (exact) mass is 387 g/mol. The number of nitrogens with one attached hydrogen (secondary N) is 1. The number of nitro benzene ring substituents is 1. The Balaban J connectivity index is 1.59. The van der Waals surface area contributed by atoms with Crippen molar-refractivity contribution in [3.8, 4) is 0 Å². The quantitative estimate of drug-likeness (QED) is 0.574. The molecule has 27 heavy (non-hydrogen) atoms. The topological polar surface area (TPSA) is 75.5 Å². The Labute approximate surface area is 163 Å². The summed E-state index contributed by atoms with van der Waals surface area (Å²) in [5.41, 5.74) is 2.41. The van der Waals surface area contributed by atoms with Gasteiger partial charge in [0.1, 0.15) is 0 Å². The lowest BCUT2D eigenvalue weighted by Gasteiger charge is -2.25. The van der Waals surface area contributed by atoms with Gasteiger partial charge in [-0.3, -0.25) is 19.8 Å². The van der Waals surface area contributed by atoms with Crippen molar-refractivity contribution < 1.29 is 9.72 Å². The van der Waals surface area contributed by atoms with Crippen LogP contribution in [0.2, 0.25) is 5.02 Å². The third-order valence-electron chi connectivity index (χ3n) is 4.95. The maximum atomic E-state index is 12.4. The Hall–Kier alpha value is -2.44. The van der Waals surface area contributed by atoms with Gasteiger partial charge in [-0.05, 0) is 49.6 Å². The Morgan fingerprint density at radius 2 is 2.11 bits per heavy atom. The van der Waals surface area contributed by atoms with Gasteiger partial charge in [0.05, 0.1) is 4.92 Å². The van der Waals surface area contributed by atoms with E-state index in [1.807, 2.05) is 24.3 Å². The average Bonchev–Trinajstić information content (AvgIpc) is 3.10. The number of non-ortho nitro benzene ring substituents is 1. The highest BCUT2D eigenvalue weighted by Crippen LogP contribution is 2.35. The number of hydrogen-bond donors (Lipinski definition) is 1. The molecule has 1 unspecified atom stereocenters. The number of hydrogen-bond acceptors (Lipinski definition) is 4. The number of benzene rings is 2. The summed E-state index contributed by atoms with van der Waals surface area (Å²) < 4.78 is 0. The minimum Gasteiger partial charge on any atom is -0.326 e. The summed E-state index contributed by atoms with van der Waals surface area (Å²) in [5.74, 6) is -0.100. The van der Waals surface area contributed by atoms with Crippen LogP contribution in [0.4, 0.5) is 11.4 Å². The zero-order valence-electron chi connectivity index (χ0n) is 15.2. The van der Waals surface area contributed by atoms with Gasteiger partial charge in [0.25, 0.3) is 5.69 Å². The normalized spacial score (nSPS) is 17.0. The van der Waals surface area contributed by atoms with Gasteiger partial charge in [0, 0.05) is 41.9 Å². The predicted octanol–water partition coefficient (Wildman–Crippen LogP) is 4.72. The van der Waals surface area contributed by atoms with Crippen LogP contribution in [-0.2, 0) is 4.79 Å². The fourth-order valence-corrected chi connectivity index (χ4v) is 3.81. The number of carbonyl (C=O) groups excluding carboxylic acids is 1. The SMILES string of the molecule is Cc1cc([N+](=O)[O-])ccc1NC(=O)CCN1CCCC1c1ccccc1Cl. The molecule has 6 nitrogen and oxygen atoms in total. The van der Waals surface area contributed by atoms with E-state index < -0.39 is 4.92 Å². The van der Waals surface area contributed by atoms with Gasteiger partial charge in [-0.1, -0.05) is 29.8 Å². The van der Waals surface area contributed by atoms with Crippen molar-refractivity contribution in [2.24, 2.45) is 0 Å². The van der Waals surface area contributed by atoms with E-state index in [-0.39, 0.29) is 17.6 Å². The largest absolute Gasteiger partial charge is 0.326 e. The molecule has 0 aromatic heterocycles. The van der Waals surface area contributed by atoms with Crippen LogP contribution in [0.15, 0.2) is 42.5 Å². The summed E-state index contributed by atoms with van der Waals surface area (Å²) in [6, 6.07) is 12.5. The first-order valence-electron chi connectivity index (χ1n) is 8.99. The van der Waals surface area contributed by atoms with Gasteiger partial charge >= 0.3 is 0 Å². The lowest BCUT2D eigenvalue weighted by Crippen LogP contribution is -2.28. The first-order chi connectivity index (χ1) is 13.0. The van der Waals surface area contributed by atoms with Gasteiger partial charge in [-0.2, -0.15) is 0 Å². The number of rotatable bonds is 6. The van der Waals surface area contributed by atoms with Crippen LogP contribution in [0.3, 0.4) is 0 Å². The molecular weight excluding hydrogens is 366 g/mol. The highest BCUT2D eigenvalue weighted by molar-refractivity contribution is 6.31. The Morgan fingerprint density at radius 3 is 2.81 bits per heavy atom. The molecule has 0 spiro atoms. The van der Waals surface area contributed by atoms with E-state index in [1.54, 1.807) is 13.0 Å². The van der Waals surface area contributed by atoms with Crippen molar-refractivity contribution >= 4 is 28.9 Å². The smallest absolute Gasteiger partial charge is 0.269 e. The number of likely N-dealkylation sites (tertiary alicyclic amines) is 1. The summed E-state index contributed by atoms with van der Waals surface area (Å²) in [7, 11) is 0. The van der Waals surface area contributed by atoms with Crippen LogP contribution >= 0.6 is 11.6 Å². The number of halogens is 1. The Kier molecular flexibility index (Phi) is 6.08. The second-order valence-electron chi connectivity index (χ2n) is 6.77. The van der Waals surface area contributed by atoms with E-state index in [2.05, 4.69) is 10.2 Å². The third kappa shape index (κ3) is 4.64. The highest BCUT2D eigenvalue weighted by atomic mass is 35.5. The molecule has 1 saturated heterocycles. The summed E-state index contributed by atoms with van der Waals surface area (Å²) in [6.07, 6.45) is 2.48. The van der Waals surface area contributed by atoms with Crippen molar-refractivity contribution in [2.75, 3.05) is 18.4 Å². The number of nitrogens with zero attached hydrogens (tertiary/aromatic N) is 2. The molecule has 1 aliphatic heterocycles. The van der Waals surface area contributed by atoms with Crippen molar-refractivity contribution in [3.63, 3.8) is 0 Å². The van der Waals surface area contributed by atoms with Crippen molar-refractivity contribution in [3.05, 3.63) is 68.7 Å². The predicted molar refractivity (Wildman–Crippen MR) is 106 cm³/mol. The van der Waals surface area contributed by atoms with Gasteiger partial charge in [-0.15, -0.1) is 0 Å². The van der Waals surface area contributed by atoms with Crippen LogP contribution in [0.25, 0.3) is 0 Å². The molecule has 1 atom stereocenters. The van der Waals surface area contributed by atoms with Crippen molar-refractivity contribution in [1.29, 1.82) is 0 Å². The molecule has 1 fully saturated rings. The fraction of sp³-hybridized carbons (Fsp3) is 0.350. The first-order valence-corrected chi connectivity index (χ1v) is 9.37. The number of aryl methyl sites for hydroxylation is 1. The molecule has 1 aliphatic rings. The minimum absolute atomic E-state index is 0.0187. The molecule has 0 aliphatic carbocycles. The standard InChI is InChI=1S/C20H22ClN3O3/c1-14-13-15(24(26)27)8-9-18(14)22-20(25)10-12-23-11-4-7-19(23)16-5-2-3-6-17(16)21/h2-3,5-6,8-9,13,19H,4,7,10-12H2,1H3,(H,22,25). The van der Waals surface area contributed by atoms with Crippen molar-refractivity contribution in [1.82, 2.24) is 4.90 Å². The second-order valence-corrected chi connectivity index (χ2v) is 7.18. The number of nitro groups is 1. The van der Waals surface area contributed by atoms with Crippen LogP contribution < -0.4 is 5.32 Å². The molecular formula is C20H22ClN3O3. The van der Waals surface area contributed by atoms with E-state index in [0.717, 1.165) is 30.0 Å². The first kappa shape index (κ1) is 19.3. The summed E-state index contributed by atoms with van der Waals surface area (Å²) in [6.45, 7) is 3.34. The molecule has 3 rings (SSSR count). The molecule has 1 heterocycles. The van der Waals surface area contributed by atoms with Gasteiger partial charge < -0.3 is 5.32 Å². The Morgan fingerprint density at radius 1 is 1.33 bits per heavy atom. The zero-order chi connectivity index (χ0) is 19.4. The lowest BCUT2D eigenvalue weighted by molar-refractivity contribution is -0.384. The second kappa shape index (κ2) is 8.50. The lowest BCUT2D eigenvalue weighted by atomic mass is 10.0. The maximum Gasteiger partial charge on any atom is 0.269 e. The number of amides is 1. The minimum atomic E-state index is -0.444.